The molecule has 0 amide bonds. The van der Waals surface area contributed by atoms with Gasteiger partial charge in [0.2, 0.25) is 5.95 Å². The Balaban J connectivity index is 1.43. The minimum Gasteiger partial charge on any atom is -0.323 e. The van der Waals surface area contributed by atoms with E-state index < -0.39 is 10.0 Å². The van der Waals surface area contributed by atoms with Gasteiger partial charge in [-0.05, 0) is 62.3 Å². The van der Waals surface area contributed by atoms with Crippen molar-refractivity contribution in [2.24, 2.45) is 7.05 Å². The maximum Gasteiger partial charge on any atom is 0.229 e. The Morgan fingerprint density at radius 1 is 1.06 bits per heavy atom. The molecule has 0 radical (unpaired) electrons. The van der Waals surface area contributed by atoms with Gasteiger partial charge in [-0.1, -0.05) is 0 Å². The van der Waals surface area contributed by atoms with Gasteiger partial charge >= 0.3 is 0 Å². The molecule has 4 aromatic rings. The summed E-state index contributed by atoms with van der Waals surface area (Å²) in [6.45, 7) is 4.10. The van der Waals surface area contributed by atoms with Gasteiger partial charge in [0.05, 0.1) is 40.9 Å². The van der Waals surface area contributed by atoms with Crippen LogP contribution in [0.1, 0.15) is 30.1 Å². The van der Waals surface area contributed by atoms with E-state index in [0.717, 1.165) is 39.2 Å². The number of hydrogen-bond acceptors (Lipinski definition) is 6. The molecule has 168 valence electrons. The molecule has 0 aliphatic carbocycles. The SMILES string of the molecule is Cc1cc(-c2cnn(C)c2)ncc1Nc1ncc2c(C)nn(C3CCS(C)(C)CC3)c2n1. The molecule has 1 saturated heterocycles. The highest BCUT2D eigenvalue weighted by atomic mass is 32.3. The van der Waals surface area contributed by atoms with Gasteiger partial charge in [-0.15, -0.1) is 0 Å². The number of anilines is 2. The van der Waals surface area contributed by atoms with Gasteiger partial charge in [0.25, 0.3) is 0 Å². The summed E-state index contributed by atoms with van der Waals surface area (Å²) in [5.41, 5.74) is 5.76. The predicted octanol–water partition coefficient (Wildman–Crippen LogP) is 4.38. The van der Waals surface area contributed by atoms with Gasteiger partial charge in [-0.25, -0.2) is 19.7 Å². The van der Waals surface area contributed by atoms with Crippen LogP contribution in [0.2, 0.25) is 0 Å². The van der Waals surface area contributed by atoms with Crippen LogP contribution < -0.4 is 5.32 Å². The van der Waals surface area contributed by atoms with Gasteiger partial charge in [0, 0.05) is 25.0 Å². The van der Waals surface area contributed by atoms with Crippen LogP contribution in [0, 0.1) is 13.8 Å². The first-order valence-electron chi connectivity index (χ1n) is 10.9. The van der Waals surface area contributed by atoms with Crippen LogP contribution in [0.4, 0.5) is 11.6 Å². The fraction of sp³-hybridized carbons (Fsp3) is 0.435. The molecule has 0 bridgehead atoms. The highest BCUT2D eigenvalue weighted by molar-refractivity contribution is 8.32. The van der Waals surface area contributed by atoms with Crippen LogP contribution >= 0.6 is 10.0 Å². The Labute approximate surface area is 189 Å². The van der Waals surface area contributed by atoms with Crippen molar-refractivity contribution in [2.45, 2.75) is 32.7 Å². The third-order valence-corrected chi connectivity index (χ3v) is 9.03. The minimum absolute atomic E-state index is 0.414. The van der Waals surface area contributed by atoms with E-state index in [1.54, 1.807) is 4.68 Å². The van der Waals surface area contributed by atoms with E-state index in [1.165, 1.54) is 24.3 Å². The Morgan fingerprint density at radius 3 is 2.53 bits per heavy atom. The molecule has 1 N–H and O–H groups in total. The summed E-state index contributed by atoms with van der Waals surface area (Å²) in [7, 11) is 1.46. The van der Waals surface area contributed by atoms with Crippen molar-refractivity contribution >= 4 is 32.7 Å². The quantitative estimate of drug-likeness (QED) is 0.496. The van der Waals surface area contributed by atoms with Gasteiger partial charge < -0.3 is 5.32 Å². The van der Waals surface area contributed by atoms with E-state index in [-0.39, 0.29) is 0 Å². The molecule has 0 unspecified atom stereocenters. The molecule has 0 atom stereocenters. The first-order chi connectivity index (χ1) is 15.3. The summed E-state index contributed by atoms with van der Waals surface area (Å²) in [6.07, 6.45) is 14.7. The van der Waals surface area contributed by atoms with Crippen molar-refractivity contribution in [2.75, 3.05) is 29.3 Å². The summed E-state index contributed by atoms with van der Waals surface area (Å²) >= 11 is 0. The third-order valence-electron chi connectivity index (χ3n) is 6.34. The molecular formula is C23H30N8S. The zero-order chi connectivity index (χ0) is 22.5. The Kier molecular flexibility index (Phi) is 5.16. The molecule has 0 aromatic carbocycles. The van der Waals surface area contributed by atoms with Crippen molar-refractivity contribution in [3.63, 3.8) is 0 Å². The van der Waals surface area contributed by atoms with Crippen molar-refractivity contribution in [3.05, 3.63) is 42.1 Å². The molecule has 32 heavy (non-hydrogen) atoms. The monoisotopic (exact) mass is 450 g/mol. The Hall–Kier alpha value is -2.94. The summed E-state index contributed by atoms with van der Waals surface area (Å²) in [4.78, 5) is 14.0. The fourth-order valence-corrected chi connectivity index (χ4v) is 6.32. The van der Waals surface area contributed by atoms with Crippen LogP contribution in [-0.2, 0) is 7.05 Å². The zero-order valence-corrected chi connectivity index (χ0v) is 20.1. The Morgan fingerprint density at radius 2 is 1.84 bits per heavy atom. The van der Waals surface area contributed by atoms with E-state index in [1.807, 2.05) is 38.8 Å². The molecule has 1 aliphatic rings. The zero-order valence-electron chi connectivity index (χ0n) is 19.3. The molecule has 5 heterocycles. The molecule has 1 fully saturated rings. The van der Waals surface area contributed by atoms with Crippen LogP contribution in [0.3, 0.4) is 0 Å². The predicted molar refractivity (Wildman–Crippen MR) is 132 cm³/mol. The van der Waals surface area contributed by atoms with Crippen LogP contribution in [-0.4, -0.2) is 58.5 Å². The smallest absolute Gasteiger partial charge is 0.229 e. The summed E-state index contributed by atoms with van der Waals surface area (Å²) < 4.78 is 3.92. The third kappa shape index (κ3) is 3.97. The van der Waals surface area contributed by atoms with Crippen LogP contribution in [0.15, 0.2) is 30.9 Å². The number of aryl methyl sites for hydroxylation is 3. The maximum absolute atomic E-state index is 4.87. The molecule has 8 nitrogen and oxygen atoms in total. The van der Waals surface area contributed by atoms with Gasteiger partial charge in [-0.3, -0.25) is 9.67 Å². The first kappa shape index (κ1) is 20.9. The Bertz CT molecular complexity index is 1280. The van der Waals surface area contributed by atoms with E-state index in [9.17, 15) is 0 Å². The number of nitrogens with zero attached hydrogens (tertiary/aromatic N) is 7. The van der Waals surface area contributed by atoms with E-state index in [0.29, 0.717) is 12.0 Å². The second-order valence-corrected chi connectivity index (χ2v) is 13.6. The van der Waals surface area contributed by atoms with Crippen molar-refractivity contribution in [1.82, 2.24) is 34.5 Å². The van der Waals surface area contributed by atoms with Crippen LogP contribution in [0.5, 0.6) is 0 Å². The van der Waals surface area contributed by atoms with Gasteiger partial charge in [0.15, 0.2) is 5.65 Å². The summed E-state index contributed by atoms with van der Waals surface area (Å²) in [6, 6.07) is 2.47. The number of nitrogens with one attached hydrogen (secondary N) is 1. The second kappa shape index (κ2) is 7.88. The number of rotatable bonds is 4. The number of fused-ring (bicyclic) bond motifs is 1. The highest BCUT2D eigenvalue weighted by Crippen LogP contribution is 2.48. The van der Waals surface area contributed by atoms with Crippen molar-refractivity contribution in [3.8, 4) is 11.3 Å². The minimum atomic E-state index is -0.445. The maximum atomic E-state index is 4.87. The summed E-state index contributed by atoms with van der Waals surface area (Å²) in [5.74, 6) is 3.16. The molecular weight excluding hydrogens is 420 g/mol. The normalized spacial score (nSPS) is 17.5. The highest BCUT2D eigenvalue weighted by Gasteiger charge is 2.27. The molecule has 4 aromatic heterocycles. The van der Waals surface area contributed by atoms with E-state index in [2.05, 4.69) is 50.6 Å². The fourth-order valence-electron chi connectivity index (χ4n) is 4.30. The standard InChI is InChI=1S/C23H30N8S/c1-15-10-20(17-11-26-30(3)14-17)24-13-21(15)27-23-25-12-19-16(2)29-31(22(19)28-23)18-6-8-32(4,5)9-7-18/h10-14,18H,6-9H2,1-5H3,(H,25,27,28). The lowest BCUT2D eigenvalue weighted by Gasteiger charge is -2.39. The molecule has 0 spiro atoms. The van der Waals surface area contributed by atoms with E-state index >= 15 is 0 Å². The number of aromatic nitrogens is 7. The van der Waals surface area contributed by atoms with Crippen molar-refractivity contribution in [1.29, 1.82) is 0 Å². The molecule has 1 aliphatic heterocycles. The number of hydrogen-bond donors (Lipinski definition) is 1. The topological polar surface area (TPSA) is 86.3 Å². The lowest BCUT2D eigenvalue weighted by molar-refractivity contribution is 0.432. The summed E-state index contributed by atoms with van der Waals surface area (Å²) in [5, 5.41) is 13.5. The average Bonchev–Trinajstić information content (AvgIpc) is 3.33. The molecule has 9 heteroatoms. The number of pyridine rings is 1. The molecule has 5 rings (SSSR count). The average molecular weight is 451 g/mol. The van der Waals surface area contributed by atoms with Gasteiger partial charge in [-0.2, -0.15) is 15.2 Å². The first-order valence-corrected chi connectivity index (χ1v) is 13.7. The lowest BCUT2D eigenvalue weighted by atomic mass is 10.1. The second-order valence-electron chi connectivity index (χ2n) is 9.28. The van der Waals surface area contributed by atoms with Crippen LogP contribution in [0.25, 0.3) is 22.3 Å². The van der Waals surface area contributed by atoms with Crippen molar-refractivity contribution < 1.29 is 0 Å². The van der Waals surface area contributed by atoms with Gasteiger partial charge in [0.1, 0.15) is 0 Å². The largest absolute Gasteiger partial charge is 0.323 e. The van der Waals surface area contributed by atoms with E-state index in [4.69, 9.17) is 10.1 Å². The molecule has 0 saturated carbocycles. The lowest BCUT2D eigenvalue weighted by Crippen LogP contribution is -2.23.